The lowest BCUT2D eigenvalue weighted by molar-refractivity contribution is -0.384. The van der Waals surface area contributed by atoms with E-state index in [1.54, 1.807) is 43.3 Å². The second-order valence-electron chi connectivity index (χ2n) is 5.81. The van der Waals surface area contributed by atoms with E-state index in [4.69, 9.17) is 11.6 Å². The van der Waals surface area contributed by atoms with Gasteiger partial charge in [0.05, 0.1) is 16.7 Å². The molecule has 0 radical (unpaired) electrons. The molecule has 2 aromatic rings. The van der Waals surface area contributed by atoms with Crippen LogP contribution >= 0.6 is 23.4 Å². The first-order valence-corrected chi connectivity index (χ1v) is 9.10. The first-order chi connectivity index (χ1) is 12.9. The van der Waals surface area contributed by atoms with Crippen LogP contribution in [0.25, 0.3) is 0 Å². The number of hydrazone groups is 1. The smallest absolute Gasteiger partial charge is 0.269 e. The van der Waals surface area contributed by atoms with Crippen molar-refractivity contribution in [2.75, 3.05) is 5.01 Å². The van der Waals surface area contributed by atoms with E-state index >= 15 is 0 Å². The van der Waals surface area contributed by atoms with Gasteiger partial charge in [-0.25, -0.2) is 0 Å². The second kappa shape index (κ2) is 7.78. The van der Waals surface area contributed by atoms with E-state index in [1.807, 2.05) is 0 Å². The minimum atomic E-state index is -0.876. The summed E-state index contributed by atoms with van der Waals surface area (Å²) < 4.78 is 0. The fraction of sp³-hybridized carbons (Fsp3) is 0.167. The Bertz CT molecular complexity index is 954. The molecule has 2 aromatic carbocycles. The molecule has 1 aliphatic rings. The summed E-state index contributed by atoms with van der Waals surface area (Å²) in [4.78, 5) is 23.7. The molecule has 2 atom stereocenters. The SMILES string of the molecule is CC1C(Sc2ccc([N+](=O)[O-])cc2)=NN(c2ccc(Cl)cc2)C(=O)C1C#N. The van der Waals surface area contributed by atoms with E-state index in [0.29, 0.717) is 15.8 Å². The Morgan fingerprint density at radius 2 is 1.85 bits per heavy atom. The first-order valence-electron chi connectivity index (χ1n) is 7.90. The van der Waals surface area contributed by atoms with Crippen LogP contribution in [-0.4, -0.2) is 15.9 Å². The first kappa shape index (κ1) is 18.9. The van der Waals surface area contributed by atoms with Crippen molar-refractivity contribution in [2.24, 2.45) is 16.9 Å². The molecule has 136 valence electrons. The lowest BCUT2D eigenvalue weighted by Gasteiger charge is -2.30. The summed E-state index contributed by atoms with van der Waals surface area (Å²) in [7, 11) is 0. The highest BCUT2D eigenvalue weighted by molar-refractivity contribution is 8.14. The fourth-order valence-corrected chi connectivity index (χ4v) is 3.62. The summed E-state index contributed by atoms with van der Waals surface area (Å²) in [5.74, 6) is -1.68. The molecule has 0 N–H and O–H groups in total. The van der Waals surface area contributed by atoms with Gasteiger partial charge in [0.1, 0.15) is 11.0 Å². The number of rotatable bonds is 3. The Morgan fingerprint density at radius 3 is 2.41 bits per heavy atom. The van der Waals surface area contributed by atoms with Crippen molar-refractivity contribution in [3.05, 3.63) is 63.7 Å². The Morgan fingerprint density at radius 1 is 1.22 bits per heavy atom. The summed E-state index contributed by atoms with van der Waals surface area (Å²) in [6.45, 7) is 1.77. The highest BCUT2D eigenvalue weighted by Gasteiger charge is 2.38. The quantitative estimate of drug-likeness (QED) is 0.558. The molecular weight excluding hydrogens is 388 g/mol. The number of thioether (sulfide) groups is 1. The Hall–Kier alpha value is -2.89. The maximum atomic E-state index is 12.6. The van der Waals surface area contributed by atoms with Gasteiger partial charge < -0.3 is 0 Å². The molecule has 0 aromatic heterocycles. The largest absolute Gasteiger partial charge is 0.271 e. The minimum absolute atomic E-state index is 0.00847. The normalized spacial score (nSPS) is 19.4. The molecule has 0 saturated heterocycles. The van der Waals surface area contributed by atoms with Crippen LogP contribution in [-0.2, 0) is 4.79 Å². The third kappa shape index (κ3) is 3.94. The second-order valence-corrected chi connectivity index (χ2v) is 7.34. The average Bonchev–Trinajstić information content (AvgIpc) is 2.66. The minimum Gasteiger partial charge on any atom is -0.271 e. The molecule has 3 rings (SSSR count). The van der Waals surface area contributed by atoms with E-state index in [1.165, 1.54) is 28.9 Å². The molecule has 2 unspecified atom stereocenters. The summed E-state index contributed by atoms with van der Waals surface area (Å²) in [6, 6.07) is 14.7. The van der Waals surface area contributed by atoms with Crippen LogP contribution in [0.15, 0.2) is 58.5 Å². The number of nitro benzene ring substituents is 1. The molecular formula is C18H13ClN4O3S. The zero-order chi connectivity index (χ0) is 19.6. The molecule has 0 spiro atoms. The molecule has 0 aliphatic carbocycles. The lowest BCUT2D eigenvalue weighted by atomic mass is 9.94. The molecule has 0 fully saturated rings. The van der Waals surface area contributed by atoms with Crippen LogP contribution in [0.3, 0.4) is 0 Å². The van der Waals surface area contributed by atoms with Crippen LogP contribution in [0.5, 0.6) is 0 Å². The van der Waals surface area contributed by atoms with Crippen molar-refractivity contribution in [2.45, 2.75) is 11.8 Å². The van der Waals surface area contributed by atoms with Crippen molar-refractivity contribution in [1.29, 1.82) is 5.26 Å². The van der Waals surface area contributed by atoms with E-state index in [9.17, 15) is 20.2 Å². The van der Waals surface area contributed by atoms with Crippen LogP contribution in [0.2, 0.25) is 5.02 Å². The van der Waals surface area contributed by atoms with Crippen molar-refractivity contribution in [1.82, 2.24) is 0 Å². The number of hydrogen-bond acceptors (Lipinski definition) is 6. The van der Waals surface area contributed by atoms with Gasteiger partial charge in [0.15, 0.2) is 0 Å². The van der Waals surface area contributed by atoms with Crippen LogP contribution in [0, 0.1) is 33.3 Å². The Balaban J connectivity index is 1.94. The van der Waals surface area contributed by atoms with E-state index in [-0.39, 0.29) is 5.69 Å². The van der Waals surface area contributed by atoms with E-state index in [0.717, 1.165) is 4.90 Å². The number of nitro groups is 1. The van der Waals surface area contributed by atoms with Crippen LogP contribution in [0.4, 0.5) is 11.4 Å². The highest BCUT2D eigenvalue weighted by Crippen LogP contribution is 2.34. The molecule has 1 aliphatic heterocycles. The maximum absolute atomic E-state index is 12.6. The number of amides is 1. The molecule has 27 heavy (non-hydrogen) atoms. The van der Waals surface area contributed by atoms with Gasteiger partial charge in [0.2, 0.25) is 0 Å². The lowest BCUT2D eigenvalue weighted by Crippen LogP contribution is -2.42. The third-order valence-electron chi connectivity index (χ3n) is 4.04. The number of carbonyl (C=O) groups excluding carboxylic acids is 1. The van der Waals surface area contributed by atoms with Gasteiger partial charge >= 0.3 is 0 Å². The monoisotopic (exact) mass is 400 g/mol. The molecule has 9 heteroatoms. The topological polar surface area (TPSA) is 99.6 Å². The number of benzene rings is 2. The van der Waals surface area contributed by atoms with Crippen LogP contribution in [0.1, 0.15) is 6.92 Å². The van der Waals surface area contributed by atoms with Gasteiger partial charge in [0, 0.05) is 28.0 Å². The molecule has 1 amide bonds. The predicted octanol–water partition coefficient (Wildman–Crippen LogP) is 4.48. The number of anilines is 1. The van der Waals surface area contributed by atoms with Gasteiger partial charge in [-0.15, -0.1) is 0 Å². The summed E-state index contributed by atoms with van der Waals surface area (Å²) in [6.07, 6.45) is 0. The zero-order valence-corrected chi connectivity index (χ0v) is 15.6. The van der Waals surface area contributed by atoms with E-state index < -0.39 is 22.7 Å². The number of carbonyl (C=O) groups is 1. The van der Waals surface area contributed by atoms with Gasteiger partial charge in [0.25, 0.3) is 11.6 Å². The Kier molecular flexibility index (Phi) is 5.44. The molecule has 0 bridgehead atoms. The van der Waals surface area contributed by atoms with Gasteiger partial charge in [-0.3, -0.25) is 14.9 Å². The average molecular weight is 401 g/mol. The summed E-state index contributed by atoms with van der Waals surface area (Å²) in [5.41, 5.74) is 0.504. The van der Waals surface area contributed by atoms with Crippen molar-refractivity contribution >= 4 is 45.7 Å². The fourth-order valence-electron chi connectivity index (χ4n) is 2.53. The number of hydrogen-bond donors (Lipinski definition) is 0. The number of non-ortho nitro benzene ring substituents is 1. The summed E-state index contributed by atoms with van der Waals surface area (Å²) in [5, 5.41) is 27.0. The third-order valence-corrected chi connectivity index (χ3v) is 5.47. The molecule has 7 nitrogen and oxygen atoms in total. The standard InChI is InChI=1S/C18H13ClN4O3S/c1-11-16(10-20)18(24)22(13-4-2-12(19)3-5-13)21-17(11)27-15-8-6-14(7-9-15)23(25)26/h2-9,11,16H,1H3. The highest BCUT2D eigenvalue weighted by atomic mass is 35.5. The van der Waals surface area contributed by atoms with Gasteiger partial charge in [-0.05, 0) is 36.4 Å². The van der Waals surface area contributed by atoms with Crippen molar-refractivity contribution in [3.8, 4) is 6.07 Å². The number of halogens is 1. The van der Waals surface area contributed by atoms with Gasteiger partial charge in [-0.1, -0.05) is 30.3 Å². The molecule has 0 saturated carbocycles. The zero-order valence-electron chi connectivity index (χ0n) is 14.1. The van der Waals surface area contributed by atoms with Crippen LogP contribution < -0.4 is 5.01 Å². The Labute approximate surface area is 164 Å². The van der Waals surface area contributed by atoms with E-state index in [2.05, 4.69) is 11.2 Å². The molecule has 1 heterocycles. The summed E-state index contributed by atoms with van der Waals surface area (Å²) >= 11 is 7.17. The number of nitrogens with zero attached hydrogens (tertiary/aromatic N) is 4. The maximum Gasteiger partial charge on any atom is 0.269 e. The number of nitriles is 1. The van der Waals surface area contributed by atoms with Crippen molar-refractivity contribution < 1.29 is 9.72 Å². The predicted molar refractivity (Wildman–Crippen MR) is 104 cm³/mol. The van der Waals surface area contributed by atoms with Crippen molar-refractivity contribution in [3.63, 3.8) is 0 Å². The van der Waals surface area contributed by atoms with Gasteiger partial charge in [-0.2, -0.15) is 15.4 Å².